The first kappa shape index (κ1) is 14.6. The third-order valence-corrected chi connectivity index (χ3v) is 3.05. The molecule has 1 aromatic heterocycles. The van der Waals surface area contributed by atoms with E-state index in [0.29, 0.717) is 0 Å². The predicted octanol–water partition coefficient (Wildman–Crippen LogP) is 3.75. The Kier molecular flexibility index (Phi) is 5.62. The predicted molar refractivity (Wildman–Crippen MR) is 82.4 cm³/mol. The van der Waals surface area contributed by atoms with Gasteiger partial charge in [0.05, 0.1) is 12.3 Å². The highest BCUT2D eigenvalue weighted by Crippen LogP contribution is 2.15. The van der Waals surface area contributed by atoms with Crippen molar-refractivity contribution < 1.29 is 4.74 Å². The number of nitrogens with one attached hydrogen (secondary N) is 1. The van der Waals surface area contributed by atoms with Crippen LogP contribution in [0.5, 0.6) is 0 Å². The number of hydrogen-bond donors (Lipinski definition) is 1. The molecular formula is C16H23N3O. The summed E-state index contributed by atoms with van der Waals surface area (Å²) in [6, 6.07) is 10.1. The first-order valence-corrected chi connectivity index (χ1v) is 7.23. The van der Waals surface area contributed by atoms with Crippen molar-refractivity contribution in [3.05, 3.63) is 42.2 Å². The highest BCUT2D eigenvalue weighted by Gasteiger charge is 2.05. The van der Waals surface area contributed by atoms with Crippen molar-refractivity contribution in [2.24, 2.45) is 0 Å². The van der Waals surface area contributed by atoms with Crippen molar-refractivity contribution in [1.29, 1.82) is 0 Å². The molecule has 4 heteroatoms. The Labute approximate surface area is 120 Å². The summed E-state index contributed by atoms with van der Waals surface area (Å²) in [5.41, 5.74) is 2.06. The first-order chi connectivity index (χ1) is 9.79. The Bertz CT molecular complexity index is 508. The summed E-state index contributed by atoms with van der Waals surface area (Å²) < 4.78 is 7.72. The van der Waals surface area contributed by atoms with Crippen LogP contribution in [0.1, 0.15) is 25.5 Å². The second kappa shape index (κ2) is 7.70. The van der Waals surface area contributed by atoms with Crippen LogP contribution in [0.3, 0.4) is 0 Å². The standard InChI is InChI=1S/C16H23N3O/c1-3-4-11-20-12-10-19-13-14(2)17-16(19)18-15-8-6-5-7-9-15/h5-9,13H,3-4,10-12H2,1-2H3,(H,17,18). The SMILES string of the molecule is CCCCOCCn1cc(C)nc1Nc1ccccc1. The van der Waals surface area contributed by atoms with Gasteiger partial charge in [0.2, 0.25) is 5.95 Å². The number of unbranched alkanes of at least 4 members (excludes halogenated alkanes) is 1. The average molecular weight is 273 g/mol. The minimum absolute atomic E-state index is 0.721. The molecule has 0 atom stereocenters. The van der Waals surface area contributed by atoms with Gasteiger partial charge in [-0.05, 0) is 25.5 Å². The Morgan fingerprint density at radius 2 is 2.00 bits per heavy atom. The molecule has 0 aliphatic carbocycles. The van der Waals surface area contributed by atoms with E-state index in [4.69, 9.17) is 4.74 Å². The highest BCUT2D eigenvalue weighted by molar-refractivity contribution is 5.53. The van der Waals surface area contributed by atoms with Crippen LogP contribution in [0.15, 0.2) is 36.5 Å². The number of benzene rings is 1. The number of rotatable bonds is 8. The maximum atomic E-state index is 5.62. The second-order valence-electron chi connectivity index (χ2n) is 4.86. The van der Waals surface area contributed by atoms with Gasteiger partial charge in [-0.3, -0.25) is 0 Å². The van der Waals surface area contributed by atoms with E-state index in [2.05, 4.69) is 28.0 Å². The van der Waals surface area contributed by atoms with Gasteiger partial charge in [-0.1, -0.05) is 31.5 Å². The van der Waals surface area contributed by atoms with Gasteiger partial charge in [-0.15, -0.1) is 0 Å². The molecule has 2 rings (SSSR count). The molecule has 0 aliphatic heterocycles. The molecule has 0 amide bonds. The molecule has 0 bridgehead atoms. The maximum absolute atomic E-state index is 5.62. The van der Waals surface area contributed by atoms with Crippen molar-refractivity contribution in [3.63, 3.8) is 0 Å². The molecule has 0 aliphatic rings. The van der Waals surface area contributed by atoms with Crippen LogP contribution in [0.25, 0.3) is 0 Å². The largest absolute Gasteiger partial charge is 0.380 e. The van der Waals surface area contributed by atoms with Gasteiger partial charge in [0.25, 0.3) is 0 Å². The third kappa shape index (κ3) is 4.38. The number of aryl methyl sites for hydroxylation is 1. The first-order valence-electron chi connectivity index (χ1n) is 7.23. The lowest BCUT2D eigenvalue weighted by Gasteiger charge is -2.10. The van der Waals surface area contributed by atoms with E-state index in [1.807, 2.05) is 37.3 Å². The summed E-state index contributed by atoms with van der Waals surface area (Å²) >= 11 is 0. The molecule has 0 unspecified atom stereocenters. The van der Waals surface area contributed by atoms with E-state index in [-0.39, 0.29) is 0 Å². The summed E-state index contributed by atoms with van der Waals surface area (Å²) in [5, 5.41) is 3.34. The summed E-state index contributed by atoms with van der Waals surface area (Å²) in [5.74, 6) is 0.868. The molecule has 0 spiro atoms. The number of hydrogen-bond acceptors (Lipinski definition) is 3. The van der Waals surface area contributed by atoms with Crippen LogP contribution < -0.4 is 5.32 Å². The van der Waals surface area contributed by atoms with E-state index in [9.17, 15) is 0 Å². The van der Waals surface area contributed by atoms with E-state index >= 15 is 0 Å². The van der Waals surface area contributed by atoms with Crippen LogP contribution in [0.4, 0.5) is 11.6 Å². The number of imidazole rings is 1. The van der Waals surface area contributed by atoms with E-state index in [1.54, 1.807) is 0 Å². The van der Waals surface area contributed by atoms with Crippen LogP contribution in [0, 0.1) is 6.92 Å². The number of ether oxygens (including phenoxy) is 1. The molecule has 20 heavy (non-hydrogen) atoms. The van der Waals surface area contributed by atoms with Crippen LogP contribution >= 0.6 is 0 Å². The lowest BCUT2D eigenvalue weighted by molar-refractivity contribution is 0.124. The number of anilines is 2. The summed E-state index contributed by atoms with van der Waals surface area (Å²) in [4.78, 5) is 4.52. The molecule has 0 radical (unpaired) electrons. The van der Waals surface area contributed by atoms with Crippen LogP contribution in [-0.4, -0.2) is 22.8 Å². The fraction of sp³-hybridized carbons (Fsp3) is 0.438. The number of para-hydroxylation sites is 1. The van der Waals surface area contributed by atoms with Crippen LogP contribution in [-0.2, 0) is 11.3 Å². The maximum Gasteiger partial charge on any atom is 0.207 e. The zero-order valence-electron chi connectivity index (χ0n) is 12.3. The monoisotopic (exact) mass is 273 g/mol. The van der Waals surface area contributed by atoms with Crippen molar-refractivity contribution in [1.82, 2.24) is 9.55 Å². The molecule has 4 nitrogen and oxygen atoms in total. The molecule has 108 valence electrons. The molecule has 0 fully saturated rings. The Balaban J connectivity index is 1.92. The van der Waals surface area contributed by atoms with Crippen molar-refractivity contribution in [3.8, 4) is 0 Å². The van der Waals surface area contributed by atoms with Gasteiger partial charge in [0.1, 0.15) is 0 Å². The Morgan fingerprint density at radius 1 is 1.20 bits per heavy atom. The van der Waals surface area contributed by atoms with Gasteiger partial charge >= 0.3 is 0 Å². The van der Waals surface area contributed by atoms with Crippen molar-refractivity contribution >= 4 is 11.6 Å². The van der Waals surface area contributed by atoms with E-state index < -0.39 is 0 Å². The summed E-state index contributed by atoms with van der Waals surface area (Å²) in [7, 11) is 0. The molecule has 0 saturated carbocycles. The smallest absolute Gasteiger partial charge is 0.207 e. The van der Waals surface area contributed by atoms with Crippen molar-refractivity contribution in [2.45, 2.75) is 33.2 Å². The number of aromatic nitrogens is 2. The quantitative estimate of drug-likeness (QED) is 0.744. The normalized spacial score (nSPS) is 10.7. The number of nitrogens with zero attached hydrogens (tertiary/aromatic N) is 2. The molecule has 1 aromatic carbocycles. The lowest BCUT2D eigenvalue weighted by Crippen LogP contribution is -2.09. The lowest BCUT2D eigenvalue weighted by atomic mass is 10.3. The van der Waals surface area contributed by atoms with E-state index in [1.165, 1.54) is 6.42 Å². The Hall–Kier alpha value is -1.81. The molecule has 0 saturated heterocycles. The minimum Gasteiger partial charge on any atom is -0.380 e. The molecule has 1 heterocycles. The highest BCUT2D eigenvalue weighted by atomic mass is 16.5. The zero-order chi connectivity index (χ0) is 14.2. The van der Waals surface area contributed by atoms with Gasteiger partial charge in [0.15, 0.2) is 0 Å². The average Bonchev–Trinajstić information content (AvgIpc) is 2.80. The van der Waals surface area contributed by atoms with E-state index in [0.717, 1.165) is 43.5 Å². The summed E-state index contributed by atoms with van der Waals surface area (Å²) in [6.45, 7) is 6.56. The van der Waals surface area contributed by atoms with Gasteiger partial charge in [0, 0.05) is 25.0 Å². The fourth-order valence-electron chi connectivity index (χ4n) is 1.98. The van der Waals surface area contributed by atoms with Crippen molar-refractivity contribution in [2.75, 3.05) is 18.5 Å². The molecule has 2 aromatic rings. The Morgan fingerprint density at radius 3 is 2.75 bits per heavy atom. The van der Waals surface area contributed by atoms with Crippen LogP contribution in [0.2, 0.25) is 0 Å². The third-order valence-electron chi connectivity index (χ3n) is 3.05. The van der Waals surface area contributed by atoms with Gasteiger partial charge < -0.3 is 14.6 Å². The molecule has 1 N–H and O–H groups in total. The minimum atomic E-state index is 0.721. The topological polar surface area (TPSA) is 39.1 Å². The van der Waals surface area contributed by atoms with Gasteiger partial charge in [-0.2, -0.15) is 0 Å². The summed E-state index contributed by atoms with van der Waals surface area (Å²) in [6.07, 6.45) is 4.34. The zero-order valence-corrected chi connectivity index (χ0v) is 12.3. The second-order valence-corrected chi connectivity index (χ2v) is 4.86. The molecular weight excluding hydrogens is 250 g/mol. The fourth-order valence-corrected chi connectivity index (χ4v) is 1.98. The van der Waals surface area contributed by atoms with Gasteiger partial charge in [-0.25, -0.2) is 4.98 Å².